The van der Waals surface area contributed by atoms with Crippen molar-refractivity contribution in [2.75, 3.05) is 62.3 Å². The number of carbonyl (C=O) groups excluding carboxylic acids is 1. The average molecular weight is 802 g/mol. The van der Waals surface area contributed by atoms with Crippen molar-refractivity contribution in [3.63, 3.8) is 0 Å². The standard InChI is InChI=1S/C37H42BrN10O4P/c1-46-19-23(17-42-46)26-15-30(32(51-2)16-31(26)47-13-9-22(10-14-47)36(49)48-24-5-6-25(48)21-52-20-24)44-37-41-18-27(38)35(45-37)43-29-8-7-28-33(40-12-11-39-28)34(29)53(3,4)50/h7-8,11-12,15-19,22,24-25H,5-6,9-10,13-14,20-21H2,1-4H3,(H2,41,43,44,45). The summed E-state index contributed by atoms with van der Waals surface area (Å²) in [5.74, 6) is 1.72. The number of nitrogens with one attached hydrogen (secondary N) is 2. The molecule has 53 heavy (non-hydrogen) atoms. The Balaban J connectivity index is 1.07. The van der Waals surface area contributed by atoms with Gasteiger partial charge in [0.15, 0.2) is 0 Å². The molecule has 1 amide bonds. The largest absolute Gasteiger partial charge is 0.494 e. The molecular formula is C37H42BrN10O4P. The normalized spacial score (nSPS) is 19.1. The fraction of sp³-hybridized carbons (Fsp3) is 0.405. The summed E-state index contributed by atoms with van der Waals surface area (Å²) < 4.78 is 27.6. The molecule has 3 fully saturated rings. The second kappa shape index (κ2) is 14.3. The Morgan fingerprint density at radius 2 is 1.74 bits per heavy atom. The van der Waals surface area contributed by atoms with Gasteiger partial charge in [-0.25, -0.2) is 4.98 Å². The van der Waals surface area contributed by atoms with Crippen molar-refractivity contribution in [2.45, 2.75) is 37.8 Å². The molecule has 3 aliphatic rings. The molecule has 6 heterocycles. The summed E-state index contributed by atoms with van der Waals surface area (Å²) in [4.78, 5) is 36.5. The maximum absolute atomic E-state index is 13.7. The van der Waals surface area contributed by atoms with Crippen molar-refractivity contribution in [1.29, 1.82) is 0 Å². The lowest BCUT2D eigenvalue weighted by atomic mass is 9.93. The lowest BCUT2D eigenvalue weighted by molar-refractivity contribution is -0.146. The minimum atomic E-state index is -2.79. The maximum atomic E-state index is 13.7. The summed E-state index contributed by atoms with van der Waals surface area (Å²) in [6.45, 7) is 6.23. The molecule has 276 valence electrons. The number of amides is 1. The predicted octanol–water partition coefficient (Wildman–Crippen LogP) is 5.93. The van der Waals surface area contributed by atoms with Crippen molar-refractivity contribution in [1.82, 2.24) is 34.6 Å². The van der Waals surface area contributed by atoms with Gasteiger partial charge in [-0.05, 0) is 73.1 Å². The highest BCUT2D eigenvalue weighted by atomic mass is 79.9. The van der Waals surface area contributed by atoms with E-state index >= 15 is 0 Å². The first-order valence-electron chi connectivity index (χ1n) is 17.8. The number of aryl methyl sites for hydroxylation is 1. The van der Waals surface area contributed by atoms with Crippen LogP contribution in [0.4, 0.5) is 28.8 Å². The van der Waals surface area contributed by atoms with E-state index in [-0.39, 0.29) is 23.9 Å². The van der Waals surface area contributed by atoms with Crippen LogP contribution < -0.4 is 25.6 Å². The van der Waals surface area contributed by atoms with Gasteiger partial charge >= 0.3 is 0 Å². The number of hydrogen-bond acceptors (Lipinski definition) is 12. The molecule has 3 aliphatic heterocycles. The number of morpholine rings is 1. The maximum Gasteiger partial charge on any atom is 0.229 e. The zero-order valence-corrected chi connectivity index (χ0v) is 32.6. The Hall–Kier alpha value is -4.59. The van der Waals surface area contributed by atoms with Gasteiger partial charge in [-0.3, -0.25) is 19.4 Å². The van der Waals surface area contributed by atoms with Crippen molar-refractivity contribution in [2.24, 2.45) is 13.0 Å². The number of methoxy groups -OCH3 is 1. The molecule has 0 aliphatic carbocycles. The van der Waals surface area contributed by atoms with Crippen molar-refractivity contribution in [3.8, 4) is 16.9 Å². The number of aromatic nitrogens is 6. The molecule has 2 bridgehead atoms. The molecule has 5 aromatic rings. The third-order valence-corrected chi connectivity index (χ3v) is 12.5. The Morgan fingerprint density at radius 1 is 0.981 bits per heavy atom. The molecule has 2 unspecified atom stereocenters. The lowest BCUT2D eigenvalue weighted by Crippen LogP contribution is -2.52. The number of rotatable bonds is 9. The SMILES string of the molecule is COc1cc(N2CCC(C(=O)N3C4CCC3COC4)CC2)c(-c2cnn(C)c2)cc1Nc1ncc(Br)c(Nc2ccc3nccnc3c2P(C)(C)=O)n1. The van der Waals surface area contributed by atoms with Crippen molar-refractivity contribution >= 4 is 74.1 Å². The second-order valence-electron chi connectivity index (χ2n) is 14.3. The van der Waals surface area contributed by atoms with Gasteiger partial charge in [0.05, 0.1) is 65.3 Å². The Morgan fingerprint density at radius 3 is 2.43 bits per heavy atom. The predicted molar refractivity (Wildman–Crippen MR) is 210 cm³/mol. The Bertz CT molecular complexity index is 2220. The van der Waals surface area contributed by atoms with Gasteiger partial charge < -0.3 is 34.5 Å². The van der Waals surface area contributed by atoms with Gasteiger partial charge in [0.1, 0.15) is 24.2 Å². The van der Waals surface area contributed by atoms with E-state index in [1.165, 1.54) is 0 Å². The minimum Gasteiger partial charge on any atom is -0.494 e. The molecule has 3 aromatic heterocycles. The monoisotopic (exact) mass is 800 g/mol. The highest BCUT2D eigenvalue weighted by molar-refractivity contribution is 9.10. The number of benzene rings is 2. The summed E-state index contributed by atoms with van der Waals surface area (Å²) >= 11 is 3.59. The third kappa shape index (κ3) is 6.97. The lowest BCUT2D eigenvalue weighted by Gasteiger charge is -2.40. The topological polar surface area (TPSA) is 153 Å². The summed E-state index contributed by atoms with van der Waals surface area (Å²) in [6, 6.07) is 8.21. The number of carbonyl (C=O) groups is 1. The first kappa shape index (κ1) is 35.4. The van der Waals surface area contributed by atoms with Crippen LogP contribution in [0.2, 0.25) is 0 Å². The van der Waals surface area contributed by atoms with Crippen LogP contribution in [0.15, 0.2) is 59.7 Å². The van der Waals surface area contributed by atoms with E-state index in [0.717, 1.165) is 55.6 Å². The van der Waals surface area contributed by atoms with Gasteiger partial charge in [-0.2, -0.15) is 10.1 Å². The molecule has 0 spiro atoms. The van der Waals surface area contributed by atoms with Crippen LogP contribution >= 0.6 is 23.1 Å². The Labute approximate surface area is 316 Å². The smallest absolute Gasteiger partial charge is 0.229 e. The number of ether oxygens (including phenoxy) is 2. The average Bonchev–Trinajstić information content (AvgIpc) is 3.70. The van der Waals surface area contributed by atoms with Gasteiger partial charge in [0.2, 0.25) is 11.9 Å². The number of piperidine rings is 1. The zero-order valence-electron chi connectivity index (χ0n) is 30.1. The highest BCUT2D eigenvalue weighted by Gasteiger charge is 2.43. The number of fused-ring (bicyclic) bond motifs is 3. The van der Waals surface area contributed by atoms with Crippen LogP contribution in [-0.2, 0) is 21.1 Å². The van der Waals surface area contributed by atoms with E-state index in [9.17, 15) is 9.36 Å². The molecule has 0 radical (unpaired) electrons. The Kier molecular flexibility index (Phi) is 9.58. The van der Waals surface area contributed by atoms with Gasteiger partial charge in [-0.1, -0.05) is 0 Å². The molecule has 2 atom stereocenters. The molecule has 8 rings (SSSR count). The van der Waals surface area contributed by atoms with E-state index < -0.39 is 7.14 Å². The van der Waals surface area contributed by atoms with Gasteiger partial charge in [0, 0.05) is 73.7 Å². The number of hydrogen-bond donors (Lipinski definition) is 2. The summed E-state index contributed by atoms with van der Waals surface area (Å²) in [7, 11) is 0.752. The molecule has 3 saturated heterocycles. The van der Waals surface area contributed by atoms with E-state index in [1.54, 1.807) is 43.7 Å². The first-order valence-corrected chi connectivity index (χ1v) is 21.2. The molecule has 0 saturated carbocycles. The van der Waals surface area contributed by atoms with Gasteiger partial charge in [-0.15, -0.1) is 0 Å². The van der Waals surface area contributed by atoms with Crippen LogP contribution in [0.5, 0.6) is 5.75 Å². The third-order valence-electron chi connectivity index (χ3n) is 10.4. The van der Waals surface area contributed by atoms with E-state index in [1.807, 2.05) is 43.7 Å². The van der Waals surface area contributed by atoms with Crippen LogP contribution in [-0.4, -0.2) is 99.3 Å². The zero-order chi connectivity index (χ0) is 36.9. The molecular weight excluding hydrogens is 759 g/mol. The van der Waals surface area contributed by atoms with Crippen LogP contribution in [0.1, 0.15) is 25.7 Å². The fourth-order valence-corrected chi connectivity index (χ4v) is 9.57. The van der Waals surface area contributed by atoms with Crippen LogP contribution in [0.3, 0.4) is 0 Å². The number of anilines is 5. The highest BCUT2D eigenvalue weighted by Crippen LogP contribution is 2.43. The van der Waals surface area contributed by atoms with Crippen molar-refractivity contribution < 1.29 is 18.8 Å². The summed E-state index contributed by atoms with van der Waals surface area (Å²) in [5.41, 5.74) is 5.47. The minimum absolute atomic E-state index is 0.00897. The van der Waals surface area contributed by atoms with Crippen LogP contribution in [0, 0.1) is 5.92 Å². The van der Waals surface area contributed by atoms with E-state index in [2.05, 4.69) is 56.4 Å². The number of halogens is 1. The summed E-state index contributed by atoms with van der Waals surface area (Å²) in [5, 5.41) is 11.8. The molecule has 16 heteroatoms. The van der Waals surface area contributed by atoms with E-state index in [4.69, 9.17) is 14.5 Å². The van der Waals surface area contributed by atoms with E-state index in [0.29, 0.717) is 62.9 Å². The first-order chi connectivity index (χ1) is 25.6. The second-order valence-corrected chi connectivity index (χ2v) is 18.3. The quantitative estimate of drug-likeness (QED) is 0.170. The van der Waals surface area contributed by atoms with Crippen molar-refractivity contribution in [3.05, 3.63) is 59.7 Å². The van der Waals surface area contributed by atoms with Crippen LogP contribution in [0.25, 0.3) is 22.2 Å². The fourth-order valence-electron chi connectivity index (χ4n) is 7.89. The summed E-state index contributed by atoms with van der Waals surface area (Å²) in [6.07, 6.45) is 12.4. The molecule has 2 N–H and O–H groups in total. The molecule has 14 nitrogen and oxygen atoms in total. The number of nitrogens with zero attached hydrogens (tertiary/aromatic N) is 8. The van der Waals surface area contributed by atoms with Gasteiger partial charge in [0.25, 0.3) is 0 Å². The molecule has 2 aromatic carbocycles.